The van der Waals surface area contributed by atoms with E-state index < -0.39 is 0 Å². The molecule has 102 valence electrons. The van der Waals surface area contributed by atoms with E-state index in [0.29, 0.717) is 0 Å². The molecular weight excluding hydrogens is 250 g/mol. The number of nitrogens with one attached hydrogen (secondary N) is 1. The molecule has 1 aromatic carbocycles. The van der Waals surface area contributed by atoms with Crippen LogP contribution >= 0.6 is 0 Å². The second-order valence-electron chi connectivity index (χ2n) is 4.79. The lowest BCUT2D eigenvalue weighted by Gasteiger charge is -2.08. The highest BCUT2D eigenvalue weighted by Crippen LogP contribution is 2.16. The Morgan fingerprint density at radius 1 is 1.30 bits per heavy atom. The molecule has 0 spiro atoms. The SMILES string of the molecule is Cc1nn(C)cc1CNc1cccc(-n2ccnc2)c1. The van der Waals surface area contributed by atoms with Crippen molar-refractivity contribution in [1.29, 1.82) is 0 Å². The molecule has 3 rings (SSSR count). The minimum absolute atomic E-state index is 0.771. The molecule has 20 heavy (non-hydrogen) atoms. The standard InChI is InChI=1S/C15H17N5/c1-12-13(10-19(2)18-12)9-17-14-4-3-5-15(8-14)20-7-6-16-11-20/h3-8,10-11,17H,9H2,1-2H3. The molecule has 3 aromatic rings. The number of nitrogens with zero attached hydrogens (tertiary/aromatic N) is 4. The van der Waals surface area contributed by atoms with Gasteiger partial charge in [-0.3, -0.25) is 4.68 Å². The smallest absolute Gasteiger partial charge is 0.0991 e. The largest absolute Gasteiger partial charge is 0.381 e. The highest BCUT2D eigenvalue weighted by Gasteiger charge is 2.03. The molecule has 0 saturated carbocycles. The van der Waals surface area contributed by atoms with Crippen molar-refractivity contribution in [2.24, 2.45) is 7.05 Å². The van der Waals surface area contributed by atoms with E-state index in [-0.39, 0.29) is 0 Å². The number of imidazole rings is 1. The van der Waals surface area contributed by atoms with Crippen LogP contribution in [0.5, 0.6) is 0 Å². The summed E-state index contributed by atoms with van der Waals surface area (Å²) >= 11 is 0. The van der Waals surface area contributed by atoms with Crippen LogP contribution in [0.15, 0.2) is 49.2 Å². The predicted octanol–water partition coefficient (Wildman–Crippen LogP) is 2.53. The molecule has 0 aliphatic rings. The average molecular weight is 267 g/mol. The zero-order valence-corrected chi connectivity index (χ0v) is 11.6. The van der Waals surface area contributed by atoms with E-state index in [1.807, 2.05) is 41.7 Å². The Kier molecular flexibility index (Phi) is 3.25. The molecule has 2 heterocycles. The van der Waals surface area contributed by atoms with Crippen molar-refractivity contribution < 1.29 is 0 Å². The number of benzene rings is 1. The van der Waals surface area contributed by atoms with Crippen molar-refractivity contribution >= 4 is 5.69 Å². The van der Waals surface area contributed by atoms with Crippen molar-refractivity contribution in [3.8, 4) is 5.69 Å². The molecule has 0 amide bonds. The quantitative estimate of drug-likeness (QED) is 0.790. The van der Waals surface area contributed by atoms with Gasteiger partial charge in [0.05, 0.1) is 12.0 Å². The van der Waals surface area contributed by atoms with Gasteiger partial charge in [0.25, 0.3) is 0 Å². The van der Waals surface area contributed by atoms with Gasteiger partial charge in [-0.05, 0) is 25.1 Å². The number of rotatable bonds is 4. The number of anilines is 1. The average Bonchev–Trinajstić information content (AvgIpc) is 3.07. The molecule has 0 aliphatic carbocycles. The molecule has 0 atom stereocenters. The van der Waals surface area contributed by atoms with Gasteiger partial charge in [0.2, 0.25) is 0 Å². The van der Waals surface area contributed by atoms with Crippen LogP contribution in [0.1, 0.15) is 11.3 Å². The van der Waals surface area contributed by atoms with Gasteiger partial charge < -0.3 is 9.88 Å². The number of hydrogen-bond donors (Lipinski definition) is 1. The van der Waals surface area contributed by atoms with E-state index in [1.165, 1.54) is 5.56 Å². The highest BCUT2D eigenvalue weighted by molar-refractivity contribution is 5.51. The molecule has 0 fully saturated rings. The lowest BCUT2D eigenvalue weighted by Crippen LogP contribution is -2.00. The molecule has 0 radical (unpaired) electrons. The topological polar surface area (TPSA) is 47.7 Å². The van der Waals surface area contributed by atoms with Crippen LogP contribution in [0, 0.1) is 6.92 Å². The van der Waals surface area contributed by atoms with Crippen LogP contribution in [-0.2, 0) is 13.6 Å². The van der Waals surface area contributed by atoms with Crippen LogP contribution in [0.4, 0.5) is 5.69 Å². The second kappa shape index (κ2) is 5.21. The van der Waals surface area contributed by atoms with E-state index >= 15 is 0 Å². The predicted molar refractivity (Wildman–Crippen MR) is 78.8 cm³/mol. The van der Waals surface area contributed by atoms with Crippen molar-refractivity contribution in [2.75, 3.05) is 5.32 Å². The maximum atomic E-state index is 4.35. The van der Waals surface area contributed by atoms with Crippen molar-refractivity contribution in [1.82, 2.24) is 19.3 Å². The fourth-order valence-corrected chi connectivity index (χ4v) is 2.21. The van der Waals surface area contributed by atoms with Gasteiger partial charge in [-0.15, -0.1) is 0 Å². The third kappa shape index (κ3) is 2.56. The van der Waals surface area contributed by atoms with Crippen molar-refractivity contribution in [2.45, 2.75) is 13.5 Å². The van der Waals surface area contributed by atoms with Gasteiger partial charge in [0.15, 0.2) is 0 Å². The van der Waals surface area contributed by atoms with E-state index in [0.717, 1.165) is 23.6 Å². The Morgan fingerprint density at radius 2 is 2.20 bits per heavy atom. The molecule has 5 heteroatoms. The Morgan fingerprint density at radius 3 is 2.90 bits per heavy atom. The Labute approximate surface area is 117 Å². The maximum absolute atomic E-state index is 4.35. The summed E-state index contributed by atoms with van der Waals surface area (Å²) in [6.45, 7) is 2.80. The minimum Gasteiger partial charge on any atom is -0.381 e. The third-order valence-corrected chi connectivity index (χ3v) is 3.25. The summed E-state index contributed by atoms with van der Waals surface area (Å²) in [6, 6.07) is 8.26. The molecule has 0 saturated heterocycles. The second-order valence-corrected chi connectivity index (χ2v) is 4.79. The molecule has 1 N–H and O–H groups in total. The first kappa shape index (κ1) is 12.5. The summed E-state index contributed by atoms with van der Waals surface area (Å²) < 4.78 is 3.83. The fourth-order valence-electron chi connectivity index (χ4n) is 2.21. The van der Waals surface area contributed by atoms with Crippen molar-refractivity contribution in [3.05, 3.63) is 60.4 Å². The Bertz CT molecular complexity index is 697. The lowest BCUT2D eigenvalue weighted by molar-refractivity contribution is 0.756. The van der Waals surface area contributed by atoms with Crippen LogP contribution < -0.4 is 5.32 Å². The first-order valence-electron chi connectivity index (χ1n) is 6.54. The number of hydrogen-bond acceptors (Lipinski definition) is 3. The molecule has 0 bridgehead atoms. The summed E-state index contributed by atoms with van der Waals surface area (Å²) in [6.07, 6.45) is 7.55. The Balaban J connectivity index is 1.75. The van der Waals surface area contributed by atoms with Gasteiger partial charge in [-0.2, -0.15) is 5.10 Å². The fraction of sp³-hybridized carbons (Fsp3) is 0.200. The van der Waals surface area contributed by atoms with Crippen LogP contribution in [0.3, 0.4) is 0 Å². The van der Waals surface area contributed by atoms with Crippen LogP contribution in [0.2, 0.25) is 0 Å². The van der Waals surface area contributed by atoms with Crippen LogP contribution in [-0.4, -0.2) is 19.3 Å². The molecule has 5 nitrogen and oxygen atoms in total. The maximum Gasteiger partial charge on any atom is 0.0991 e. The van der Waals surface area contributed by atoms with Gasteiger partial charge in [-0.25, -0.2) is 4.98 Å². The zero-order valence-electron chi connectivity index (χ0n) is 11.6. The van der Waals surface area contributed by atoms with E-state index in [2.05, 4.69) is 33.6 Å². The molecular formula is C15H17N5. The van der Waals surface area contributed by atoms with Gasteiger partial charge in [-0.1, -0.05) is 6.07 Å². The molecule has 0 aliphatic heterocycles. The minimum atomic E-state index is 0.771. The summed E-state index contributed by atoms with van der Waals surface area (Å²) in [5.74, 6) is 0. The summed E-state index contributed by atoms with van der Waals surface area (Å²) in [7, 11) is 1.94. The number of aromatic nitrogens is 4. The monoisotopic (exact) mass is 267 g/mol. The molecule has 2 aromatic heterocycles. The first-order chi connectivity index (χ1) is 9.72. The normalized spacial score (nSPS) is 10.7. The molecule has 0 unspecified atom stereocenters. The van der Waals surface area contributed by atoms with Gasteiger partial charge in [0, 0.05) is 49.1 Å². The number of aryl methyl sites for hydroxylation is 2. The van der Waals surface area contributed by atoms with E-state index in [1.54, 1.807) is 12.5 Å². The lowest BCUT2D eigenvalue weighted by atomic mass is 10.2. The van der Waals surface area contributed by atoms with Crippen LogP contribution in [0.25, 0.3) is 5.69 Å². The van der Waals surface area contributed by atoms with Gasteiger partial charge >= 0.3 is 0 Å². The highest BCUT2D eigenvalue weighted by atomic mass is 15.2. The zero-order chi connectivity index (χ0) is 13.9. The van der Waals surface area contributed by atoms with Crippen molar-refractivity contribution in [3.63, 3.8) is 0 Å². The summed E-state index contributed by atoms with van der Waals surface area (Å²) in [4.78, 5) is 4.07. The summed E-state index contributed by atoms with van der Waals surface area (Å²) in [5, 5.41) is 7.78. The van der Waals surface area contributed by atoms with Gasteiger partial charge in [0.1, 0.15) is 0 Å². The Hall–Kier alpha value is -2.56. The van der Waals surface area contributed by atoms with E-state index in [9.17, 15) is 0 Å². The first-order valence-corrected chi connectivity index (χ1v) is 6.54. The summed E-state index contributed by atoms with van der Waals surface area (Å²) in [5.41, 5.74) is 4.45. The third-order valence-electron chi connectivity index (χ3n) is 3.25. The van der Waals surface area contributed by atoms with E-state index in [4.69, 9.17) is 0 Å².